The summed E-state index contributed by atoms with van der Waals surface area (Å²) in [6, 6.07) is 5.25. The van der Waals surface area contributed by atoms with Crippen molar-refractivity contribution in [1.29, 1.82) is 0 Å². The molecule has 0 aromatic heterocycles. The number of Topliss-reactive ketones (excluding diaryl/α,β-unsaturated/α-hetero) is 1. The van der Waals surface area contributed by atoms with Gasteiger partial charge in [-0.1, -0.05) is 0 Å². The van der Waals surface area contributed by atoms with Crippen LogP contribution < -0.4 is 14.9 Å². The number of benzene rings is 1. The highest BCUT2D eigenvalue weighted by Gasteiger charge is 2.17. The zero-order chi connectivity index (χ0) is 15.2. The van der Waals surface area contributed by atoms with Crippen molar-refractivity contribution in [2.24, 2.45) is 0 Å². The summed E-state index contributed by atoms with van der Waals surface area (Å²) in [5, 5.41) is 2.09. The second-order valence-corrected chi connectivity index (χ2v) is 5.11. The van der Waals surface area contributed by atoms with Crippen LogP contribution in [0.3, 0.4) is 0 Å². The molecule has 0 atom stereocenters. The standard InChI is InChI=1S/C15H23N3O3/c1-17-6-8-18(9-7-17)16-11-14(19)13-10-12(20-2)4-5-15(13)21-3/h4-5,10,16H,6-9,11H2,1-3H3. The fourth-order valence-electron chi connectivity index (χ4n) is 2.28. The molecular formula is C15H23N3O3. The van der Waals surface area contributed by atoms with Crippen LogP contribution in [-0.2, 0) is 0 Å². The van der Waals surface area contributed by atoms with Crippen molar-refractivity contribution >= 4 is 5.78 Å². The third-order valence-corrected chi connectivity index (χ3v) is 3.67. The molecule has 1 N–H and O–H groups in total. The molecule has 0 saturated carbocycles. The summed E-state index contributed by atoms with van der Waals surface area (Å²) in [5.41, 5.74) is 3.73. The molecule has 1 saturated heterocycles. The van der Waals surface area contributed by atoms with Gasteiger partial charge in [0, 0.05) is 26.2 Å². The average Bonchev–Trinajstić information content (AvgIpc) is 2.53. The minimum atomic E-state index is -0.00956. The topological polar surface area (TPSA) is 54.0 Å². The second-order valence-electron chi connectivity index (χ2n) is 5.11. The van der Waals surface area contributed by atoms with Gasteiger partial charge in [0.1, 0.15) is 11.5 Å². The Labute approximate surface area is 125 Å². The maximum atomic E-state index is 12.4. The Hall–Kier alpha value is -1.63. The Morgan fingerprint density at radius 3 is 2.52 bits per heavy atom. The lowest BCUT2D eigenvalue weighted by Gasteiger charge is -2.32. The van der Waals surface area contributed by atoms with Crippen molar-refractivity contribution < 1.29 is 14.3 Å². The van der Waals surface area contributed by atoms with Crippen LogP contribution >= 0.6 is 0 Å². The number of methoxy groups -OCH3 is 2. The lowest BCUT2D eigenvalue weighted by atomic mass is 10.1. The van der Waals surface area contributed by atoms with Gasteiger partial charge in [-0.3, -0.25) is 4.79 Å². The summed E-state index contributed by atoms with van der Waals surface area (Å²) in [5.74, 6) is 1.21. The first-order valence-electron chi connectivity index (χ1n) is 7.06. The molecule has 0 aliphatic carbocycles. The predicted octanol–water partition coefficient (Wildman–Crippen LogP) is 0.639. The maximum absolute atomic E-state index is 12.4. The number of piperazine rings is 1. The highest BCUT2D eigenvalue weighted by atomic mass is 16.5. The van der Waals surface area contributed by atoms with Gasteiger partial charge in [0.15, 0.2) is 5.78 Å². The van der Waals surface area contributed by atoms with Crippen molar-refractivity contribution in [3.8, 4) is 11.5 Å². The molecule has 6 heteroatoms. The van der Waals surface area contributed by atoms with Gasteiger partial charge in [-0.2, -0.15) is 0 Å². The van der Waals surface area contributed by atoms with Gasteiger partial charge in [0.05, 0.1) is 26.3 Å². The van der Waals surface area contributed by atoms with Gasteiger partial charge >= 0.3 is 0 Å². The number of hydrogen-bond donors (Lipinski definition) is 1. The van der Waals surface area contributed by atoms with E-state index in [0.717, 1.165) is 26.2 Å². The smallest absolute Gasteiger partial charge is 0.181 e. The molecule has 1 aromatic rings. The minimum Gasteiger partial charge on any atom is -0.497 e. The number of nitrogens with zero attached hydrogens (tertiary/aromatic N) is 2. The summed E-state index contributed by atoms with van der Waals surface area (Å²) in [7, 11) is 5.24. The highest BCUT2D eigenvalue weighted by Crippen LogP contribution is 2.24. The number of likely N-dealkylation sites (N-methyl/N-ethyl adjacent to an activating group) is 1. The van der Waals surface area contributed by atoms with Gasteiger partial charge in [-0.15, -0.1) is 0 Å². The lowest BCUT2D eigenvalue weighted by Crippen LogP contribution is -2.51. The van der Waals surface area contributed by atoms with Crippen LogP contribution in [0, 0.1) is 0 Å². The van der Waals surface area contributed by atoms with E-state index in [9.17, 15) is 4.79 Å². The van der Waals surface area contributed by atoms with Crippen molar-refractivity contribution in [3.63, 3.8) is 0 Å². The van der Waals surface area contributed by atoms with Crippen LogP contribution in [0.1, 0.15) is 10.4 Å². The van der Waals surface area contributed by atoms with Crippen molar-refractivity contribution in [2.45, 2.75) is 0 Å². The Kier molecular flexibility index (Phi) is 5.55. The molecule has 116 valence electrons. The van der Waals surface area contributed by atoms with Crippen LogP contribution in [0.15, 0.2) is 18.2 Å². The molecule has 0 unspecified atom stereocenters. The van der Waals surface area contributed by atoms with E-state index in [1.807, 2.05) is 0 Å². The first-order valence-corrected chi connectivity index (χ1v) is 7.06. The van der Waals surface area contributed by atoms with E-state index in [4.69, 9.17) is 9.47 Å². The Balaban J connectivity index is 1.96. The van der Waals surface area contributed by atoms with Crippen LogP contribution in [-0.4, -0.2) is 69.7 Å². The zero-order valence-corrected chi connectivity index (χ0v) is 12.9. The first-order chi connectivity index (χ1) is 10.1. The van der Waals surface area contributed by atoms with Gasteiger partial charge < -0.3 is 14.4 Å². The largest absolute Gasteiger partial charge is 0.497 e. The molecule has 0 amide bonds. The number of rotatable bonds is 6. The van der Waals surface area contributed by atoms with E-state index in [2.05, 4.69) is 22.4 Å². The first kappa shape index (κ1) is 15.8. The molecule has 21 heavy (non-hydrogen) atoms. The maximum Gasteiger partial charge on any atom is 0.181 e. The van der Waals surface area contributed by atoms with Crippen molar-refractivity contribution in [1.82, 2.24) is 15.3 Å². The van der Waals surface area contributed by atoms with E-state index in [0.29, 0.717) is 17.1 Å². The predicted molar refractivity (Wildman–Crippen MR) is 80.9 cm³/mol. The molecular weight excluding hydrogens is 270 g/mol. The molecule has 0 spiro atoms. The number of carbonyl (C=O) groups is 1. The van der Waals surface area contributed by atoms with Crippen LogP contribution in [0.2, 0.25) is 0 Å². The molecule has 1 aliphatic rings. The van der Waals surface area contributed by atoms with Gasteiger partial charge in [-0.05, 0) is 25.2 Å². The molecule has 1 aliphatic heterocycles. The number of hydrazine groups is 1. The normalized spacial score (nSPS) is 16.7. The summed E-state index contributed by atoms with van der Waals surface area (Å²) in [6.07, 6.45) is 0. The fourth-order valence-corrected chi connectivity index (χ4v) is 2.28. The fraction of sp³-hybridized carbons (Fsp3) is 0.533. The van der Waals surface area contributed by atoms with E-state index in [1.54, 1.807) is 32.4 Å². The monoisotopic (exact) mass is 293 g/mol. The lowest BCUT2D eigenvalue weighted by molar-refractivity contribution is 0.0836. The van der Waals surface area contributed by atoms with E-state index in [1.165, 1.54) is 0 Å². The minimum absolute atomic E-state index is 0.00956. The summed E-state index contributed by atoms with van der Waals surface area (Å²) >= 11 is 0. The Bertz CT molecular complexity index is 485. The molecule has 2 rings (SSSR count). The second kappa shape index (κ2) is 7.40. The SMILES string of the molecule is COc1ccc(OC)c(C(=O)CNN2CCN(C)CC2)c1. The average molecular weight is 293 g/mol. The van der Waals surface area contributed by atoms with Crippen molar-refractivity contribution in [3.05, 3.63) is 23.8 Å². The molecule has 0 radical (unpaired) electrons. The van der Waals surface area contributed by atoms with E-state index in [-0.39, 0.29) is 12.3 Å². The molecule has 6 nitrogen and oxygen atoms in total. The van der Waals surface area contributed by atoms with Crippen LogP contribution in [0.25, 0.3) is 0 Å². The highest BCUT2D eigenvalue weighted by molar-refractivity contribution is 6.00. The van der Waals surface area contributed by atoms with E-state index < -0.39 is 0 Å². The number of hydrogen-bond acceptors (Lipinski definition) is 6. The van der Waals surface area contributed by atoms with Gasteiger partial charge in [-0.25, -0.2) is 10.4 Å². The molecule has 1 heterocycles. The van der Waals surface area contributed by atoms with E-state index >= 15 is 0 Å². The third-order valence-electron chi connectivity index (χ3n) is 3.67. The molecule has 0 bridgehead atoms. The van der Waals surface area contributed by atoms with Gasteiger partial charge in [0.25, 0.3) is 0 Å². The summed E-state index contributed by atoms with van der Waals surface area (Å²) in [4.78, 5) is 14.6. The number of carbonyl (C=O) groups excluding carboxylic acids is 1. The van der Waals surface area contributed by atoms with Gasteiger partial charge in [0.2, 0.25) is 0 Å². The summed E-state index contributed by atoms with van der Waals surface area (Å²) < 4.78 is 10.4. The number of ketones is 1. The quantitative estimate of drug-likeness (QED) is 0.777. The van der Waals surface area contributed by atoms with Crippen LogP contribution in [0.4, 0.5) is 0 Å². The van der Waals surface area contributed by atoms with Crippen molar-refractivity contribution in [2.75, 3.05) is 54.0 Å². The zero-order valence-electron chi connectivity index (χ0n) is 12.9. The molecule has 1 fully saturated rings. The number of ether oxygens (including phenoxy) is 2. The summed E-state index contributed by atoms with van der Waals surface area (Å²) in [6.45, 7) is 4.10. The number of nitrogens with one attached hydrogen (secondary N) is 1. The Morgan fingerprint density at radius 1 is 1.19 bits per heavy atom. The molecule has 1 aromatic carbocycles. The van der Waals surface area contributed by atoms with Crippen LogP contribution in [0.5, 0.6) is 11.5 Å². The third kappa shape index (κ3) is 4.17. The Morgan fingerprint density at radius 2 is 1.90 bits per heavy atom.